The van der Waals surface area contributed by atoms with Crippen molar-refractivity contribution in [2.24, 2.45) is 5.92 Å². The number of likely N-dealkylation sites (tertiary alicyclic amines) is 1. The first-order valence-electron chi connectivity index (χ1n) is 10.4. The molecule has 0 unspecified atom stereocenters. The number of thiazole rings is 1. The number of benzene rings is 1. The number of rotatable bonds is 5. The lowest BCUT2D eigenvalue weighted by Gasteiger charge is -2.39. The SMILES string of the molecule is C[C@H]1[C@@H](C(=O)NCc2nc(-c3ccc(C#N)cc3)cs2)CCCN1C(=O)[C@H]1CNC(=O)O1. The molecule has 2 fully saturated rings. The zero-order valence-corrected chi connectivity index (χ0v) is 18.4. The van der Waals surface area contributed by atoms with Crippen LogP contribution in [0, 0.1) is 17.2 Å². The molecule has 2 aliphatic rings. The molecule has 2 aromatic rings. The van der Waals surface area contributed by atoms with Crippen LogP contribution in [0.5, 0.6) is 0 Å². The van der Waals surface area contributed by atoms with E-state index in [2.05, 4.69) is 21.7 Å². The second-order valence-electron chi connectivity index (χ2n) is 7.83. The lowest BCUT2D eigenvalue weighted by Crippen LogP contribution is -2.54. The van der Waals surface area contributed by atoms with E-state index in [9.17, 15) is 14.4 Å². The molecule has 4 rings (SSSR count). The van der Waals surface area contributed by atoms with Crippen LogP contribution in [0.15, 0.2) is 29.6 Å². The summed E-state index contributed by atoms with van der Waals surface area (Å²) < 4.78 is 5.01. The van der Waals surface area contributed by atoms with Crippen molar-refractivity contribution >= 4 is 29.2 Å². The van der Waals surface area contributed by atoms with Crippen LogP contribution in [0.3, 0.4) is 0 Å². The molecule has 0 spiro atoms. The Kier molecular flexibility index (Phi) is 6.37. The number of carbonyl (C=O) groups excluding carboxylic acids is 3. The number of carbonyl (C=O) groups is 3. The Morgan fingerprint density at radius 3 is 2.84 bits per heavy atom. The van der Waals surface area contributed by atoms with Gasteiger partial charge < -0.3 is 20.3 Å². The van der Waals surface area contributed by atoms with Gasteiger partial charge in [0.05, 0.1) is 36.3 Å². The Labute approximate surface area is 189 Å². The van der Waals surface area contributed by atoms with E-state index in [-0.39, 0.29) is 30.3 Å². The van der Waals surface area contributed by atoms with Crippen LogP contribution in [0.4, 0.5) is 4.79 Å². The number of ether oxygens (including phenoxy) is 1. The van der Waals surface area contributed by atoms with Crippen molar-refractivity contribution < 1.29 is 19.1 Å². The van der Waals surface area contributed by atoms with E-state index in [1.54, 1.807) is 17.0 Å². The lowest BCUT2D eigenvalue weighted by molar-refractivity contribution is -0.145. The van der Waals surface area contributed by atoms with Crippen LogP contribution in [0.2, 0.25) is 0 Å². The fourth-order valence-corrected chi connectivity index (χ4v) is 4.79. The predicted molar refractivity (Wildman–Crippen MR) is 116 cm³/mol. The van der Waals surface area contributed by atoms with E-state index < -0.39 is 12.2 Å². The largest absolute Gasteiger partial charge is 0.434 e. The van der Waals surface area contributed by atoms with Crippen molar-refractivity contribution in [2.45, 2.75) is 38.5 Å². The summed E-state index contributed by atoms with van der Waals surface area (Å²) >= 11 is 1.46. The lowest BCUT2D eigenvalue weighted by atomic mass is 9.89. The molecular formula is C22H23N5O4S. The molecule has 2 aliphatic heterocycles. The highest BCUT2D eigenvalue weighted by atomic mass is 32.1. The van der Waals surface area contributed by atoms with E-state index in [0.29, 0.717) is 31.5 Å². The summed E-state index contributed by atoms with van der Waals surface area (Å²) in [5.41, 5.74) is 2.30. The van der Waals surface area contributed by atoms with Gasteiger partial charge in [-0.3, -0.25) is 9.59 Å². The molecule has 0 radical (unpaired) electrons. The van der Waals surface area contributed by atoms with Crippen molar-refractivity contribution in [2.75, 3.05) is 13.1 Å². The molecule has 0 bridgehead atoms. The fraction of sp³-hybridized carbons (Fsp3) is 0.409. The van der Waals surface area contributed by atoms with Gasteiger partial charge in [-0.1, -0.05) is 12.1 Å². The minimum absolute atomic E-state index is 0.119. The van der Waals surface area contributed by atoms with Crippen molar-refractivity contribution in [3.05, 3.63) is 40.2 Å². The number of nitrogens with one attached hydrogen (secondary N) is 2. The number of hydrogen-bond acceptors (Lipinski definition) is 7. The average molecular weight is 454 g/mol. The van der Waals surface area contributed by atoms with E-state index in [4.69, 9.17) is 10.00 Å². The molecule has 3 atom stereocenters. The Morgan fingerprint density at radius 1 is 1.38 bits per heavy atom. The number of piperidine rings is 1. The third kappa shape index (κ3) is 4.57. The summed E-state index contributed by atoms with van der Waals surface area (Å²) in [7, 11) is 0. The molecule has 0 saturated carbocycles. The number of hydrogen-bond donors (Lipinski definition) is 2. The van der Waals surface area contributed by atoms with Crippen LogP contribution in [-0.4, -0.2) is 53.0 Å². The number of alkyl carbamates (subject to hydrolysis) is 1. The Morgan fingerprint density at radius 2 is 2.16 bits per heavy atom. The van der Waals surface area contributed by atoms with Crippen molar-refractivity contribution in [1.29, 1.82) is 5.26 Å². The fourth-order valence-electron chi connectivity index (χ4n) is 4.05. The van der Waals surface area contributed by atoms with Gasteiger partial charge in [0.1, 0.15) is 5.01 Å². The van der Waals surface area contributed by atoms with Crippen molar-refractivity contribution in [3.8, 4) is 17.3 Å². The Hall–Kier alpha value is -3.45. The first-order valence-corrected chi connectivity index (χ1v) is 11.3. The maximum absolute atomic E-state index is 12.9. The molecule has 3 amide bonds. The van der Waals surface area contributed by atoms with Gasteiger partial charge in [0.25, 0.3) is 5.91 Å². The van der Waals surface area contributed by atoms with Crippen LogP contribution in [0.25, 0.3) is 11.3 Å². The monoisotopic (exact) mass is 453 g/mol. The second kappa shape index (κ2) is 9.36. The number of cyclic esters (lactones) is 1. The maximum atomic E-state index is 12.9. The molecule has 10 heteroatoms. The summed E-state index contributed by atoms with van der Waals surface area (Å²) in [4.78, 5) is 43.1. The highest BCUT2D eigenvalue weighted by Gasteiger charge is 2.40. The van der Waals surface area contributed by atoms with Crippen LogP contribution >= 0.6 is 11.3 Å². The quantitative estimate of drug-likeness (QED) is 0.714. The predicted octanol–water partition coefficient (Wildman–Crippen LogP) is 2.03. The smallest absolute Gasteiger partial charge is 0.408 e. The summed E-state index contributed by atoms with van der Waals surface area (Å²) in [6.45, 7) is 2.86. The third-order valence-corrected chi connectivity index (χ3v) is 6.69. The number of nitrogens with zero attached hydrogens (tertiary/aromatic N) is 3. The molecule has 1 aromatic heterocycles. The van der Waals surface area contributed by atoms with Crippen molar-refractivity contribution in [3.63, 3.8) is 0 Å². The Balaban J connectivity index is 1.34. The molecule has 9 nitrogen and oxygen atoms in total. The van der Waals surface area contributed by atoms with Crippen molar-refractivity contribution in [1.82, 2.24) is 20.5 Å². The van der Waals surface area contributed by atoms with Crippen LogP contribution in [-0.2, 0) is 20.9 Å². The molecule has 3 heterocycles. The molecule has 1 aromatic carbocycles. The number of aromatic nitrogens is 1. The van der Waals surface area contributed by atoms with E-state index >= 15 is 0 Å². The van der Waals surface area contributed by atoms with Gasteiger partial charge in [-0.15, -0.1) is 11.3 Å². The minimum atomic E-state index is -0.831. The summed E-state index contributed by atoms with van der Waals surface area (Å²) in [6.07, 6.45) is -0.0233. The maximum Gasteiger partial charge on any atom is 0.408 e. The van der Waals surface area contributed by atoms with Gasteiger partial charge >= 0.3 is 6.09 Å². The zero-order chi connectivity index (χ0) is 22.7. The summed E-state index contributed by atoms with van der Waals surface area (Å²) in [6, 6.07) is 8.99. The van der Waals surface area contributed by atoms with Gasteiger partial charge in [-0.05, 0) is 31.9 Å². The summed E-state index contributed by atoms with van der Waals surface area (Å²) in [5, 5.41) is 17.0. The molecule has 166 valence electrons. The second-order valence-corrected chi connectivity index (χ2v) is 8.77. The van der Waals surface area contributed by atoms with Gasteiger partial charge in [0, 0.05) is 23.5 Å². The highest BCUT2D eigenvalue weighted by molar-refractivity contribution is 7.09. The van der Waals surface area contributed by atoms with Gasteiger partial charge in [-0.2, -0.15) is 5.26 Å². The Bertz CT molecular complexity index is 1060. The molecule has 2 saturated heterocycles. The first kappa shape index (κ1) is 21.8. The normalized spacial score (nSPS) is 22.6. The molecular weight excluding hydrogens is 430 g/mol. The topological polar surface area (TPSA) is 124 Å². The van der Waals surface area contributed by atoms with E-state index in [0.717, 1.165) is 16.3 Å². The third-order valence-electron chi connectivity index (χ3n) is 5.84. The number of amides is 3. The average Bonchev–Trinajstić information content (AvgIpc) is 3.46. The number of nitriles is 1. The van der Waals surface area contributed by atoms with Crippen LogP contribution < -0.4 is 10.6 Å². The van der Waals surface area contributed by atoms with Gasteiger partial charge in [0.2, 0.25) is 5.91 Å². The van der Waals surface area contributed by atoms with E-state index in [1.807, 2.05) is 24.4 Å². The molecule has 2 N–H and O–H groups in total. The molecule has 0 aliphatic carbocycles. The van der Waals surface area contributed by atoms with Crippen LogP contribution in [0.1, 0.15) is 30.3 Å². The highest BCUT2D eigenvalue weighted by Crippen LogP contribution is 2.26. The van der Waals surface area contributed by atoms with Gasteiger partial charge in [-0.25, -0.2) is 9.78 Å². The zero-order valence-electron chi connectivity index (χ0n) is 17.5. The standard InChI is InChI=1S/C22H23N5O4S/c1-13-16(3-2-8-27(13)21(29)18-10-25-22(30)31-18)20(28)24-11-19-26-17(12-32-19)15-6-4-14(9-23)5-7-15/h4-7,12-13,16,18H,2-3,8,10-11H2,1H3,(H,24,28)(H,25,30)/t13-,16-,18+/m0/s1. The summed E-state index contributed by atoms with van der Waals surface area (Å²) in [5.74, 6) is -0.720. The first-order chi connectivity index (χ1) is 15.5. The molecule has 32 heavy (non-hydrogen) atoms. The van der Waals surface area contributed by atoms with E-state index in [1.165, 1.54) is 11.3 Å². The minimum Gasteiger partial charge on any atom is -0.434 e. The van der Waals surface area contributed by atoms with Gasteiger partial charge in [0.15, 0.2) is 6.10 Å².